The second kappa shape index (κ2) is 10.5. The van der Waals surface area contributed by atoms with E-state index >= 15 is 0 Å². The average Bonchev–Trinajstić information content (AvgIpc) is 3.45. The number of imidazole rings is 1. The van der Waals surface area contributed by atoms with Crippen molar-refractivity contribution >= 4 is 27.2 Å². The molecular formula is C24H27N7O5S. The third-order valence-electron chi connectivity index (χ3n) is 6.33. The molecule has 4 atom stereocenters. The van der Waals surface area contributed by atoms with Crippen LogP contribution >= 0.6 is 0 Å². The zero-order valence-corrected chi connectivity index (χ0v) is 20.4. The highest BCUT2D eigenvalue weighted by molar-refractivity contribution is 7.87. The lowest BCUT2D eigenvalue weighted by atomic mass is 9.91. The summed E-state index contributed by atoms with van der Waals surface area (Å²) >= 11 is 0. The lowest BCUT2D eigenvalue weighted by molar-refractivity contribution is -0.0330. The van der Waals surface area contributed by atoms with E-state index in [1.54, 1.807) is 0 Å². The number of aromatic nitrogens is 4. The van der Waals surface area contributed by atoms with Gasteiger partial charge in [0.15, 0.2) is 23.2 Å². The average molecular weight is 526 g/mol. The number of fused-ring (bicyclic) bond motifs is 1. The maximum atomic E-state index is 11.2. The third kappa shape index (κ3) is 5.46. The molecule has 4 aromatic rings. The highest BCUT2D eigenvalue weighted by Crippen LogP contribution is 2.32. The van der Waals surface area contributed by atoms with Crippen LogP contribution in [0.15, 0.2) is 73.3 Å². The molecule has 5 rings (SSSR count). The van der Waals surface area contributed by atoms with Gasteiger partial charge < -0.3 is 20.3 Å². The summed E-state index contributed by atoms with van der Waals surface area (Å²) < 4.78 is 31.7. The number of hydrogen-bond acceptors (Lipinski definition) is 9. The van der Waals surface area contributed by atoms with Crippen molar-refractivity contribution in [3.63, 3.8) is 0 Å². The second-order valence-corrected chi connectivity index (χ2v) is 10.1. The van der Waals surface area contributed by atoms with Gasteiger partial charge in [0.25, 0.3) is 10.2 Å². The Bertz CT molecular complexity index is 1410. The summed E-state index contributed by atoms with van der Waals surface area (Å²) in [7, 11) is -3.99. The Hall–Kier alpha value is -3.46. The molecule has 0 unspecified atom stereocenters. The molecule has 0 saturated carbocycles. The molecule has 0 aliphatic carbocycles. The molecule has 2 aromatic carbocycles. The first-order valence-electron chi connectivity index (χ1n) is 11.6. The van der Waals surface area contributed by atoms with Crippen LogP contribution in [0, 0.1) is 0 Å². The van der Waals surface area contributed by atoms with Crippen LogP contribution in [0.3, 0.4) is 0 Å². The molecule has 1 saturated heterocycles. The Morgan fingerprint density at radius 1 is 0.973 bits per heavy atom. The maximum absolute atomic E-state index is 11.2. The Balaban J connectivity index is 1.38. The summed E-state index contributed by atoms with van der Waals surface area (Å²) in [5.41, 5.74) is 3.13. The van der Waals surface area contributed by atoms with Crippen LogP contribution in [0.25, 0.3) is 11.2 Å². The summed E-state index contributed by atoms with van der Waals surface area (Å²) in [6, 6.07) is 20.3. The second-order valence-electron chi connectivity index (χ2n) is 8.74. The van der Waals surface area contributed by atoms with Gasteiger partial charge in [-0.25, -0.2) is 20.1 Å². The number of hydrogen-bond donors (Lipinski definition) is 5. The van der Waals surface area contributed by atoms with Gasteiger partial charge in [-0.05, 0) is 11.1 Å². The van der Waals surface area contributed by atoms with Crippen LogP contribution in [0.5, 0.6) is 0 Å². The van der Waals surface area contributed by atoms with E-state index in [0.29, 0.717) is 23.5 Å². The van der Waals surface area contributed by atoms with Crippen LogP contribution in [-0.4, -0.2) is 69.6 Å². The van der Waals surface area contributed by atoms with Crippen LogP contribution in [-0.2, 0) is 14.9 Å². The minimum atomic E-state index is -3.99. The van der Waals surface area contributed by atoms with Crippen LogP contribution in [0.4, 0.5) is 5.82 Å². The SMILES string of the molecule is NS(=O)(=O)NC[C@H]1O[C@@H](n2cnc3c(NCC(c4ccccc4)c4ccccc4)ncnc32)[C@H](O)[C@@H]1O. The molecule has 1 fully saturated rings. The zero-order valence-electron chi connectivity index (χ0n) is 19.6. The molecule has 3 heterocycles. The van der Waals surface area contributed by atoms with Gasteiger partial charge in [0, 0.05) is 19.0 Å². The maximum Gasteiger partial charge on any atom is 0.274 e. The number of aliphatic hydroxyl groups is 2. The monoisotopic (exact) mass is 525 g/mol. The summed E-state index contributed by atoms with van der Waals surface area (Å²) in [4.78, 5) is 13.1. The Morgan fingerprint density at radius 3 is 2.24 bits per heavy atom. The zero-order chi connectivity index (χ0) is 26.0. The first-order valence-corrected chi connectivity index (χ1v) is 13.2. The van der Waals surface area contributed by atoms with Gasteiger partial charge in [0.2, 0.25) is 0 Å². The van der Waals surface area contributed by atoms with E-state index in [4.69, 9.17) is 9.88 Å². The summed E-state index contributed by atoms with van der Waals surface area (Å²) in [6.45, 7) is 0.234. The molecule has 2 aromatic heterocycles. The van der Waals surface area contributed by atoms with Gasteiger partial charge in [-0.1, -0.05) is 60.7 Å². The van der Waals surface area contributed by atoms with Crippen molar-refractivity contribution in [1.29, 1.82) is 0 Å². The highest BCUT2D eigenvalue weighted by Gasteiger charge is 2.44. The molecule has 0 spiro atoms. The number of benzene rings is 2. The van der Waals surface area contributed by atoms with Gasteiger partial charge in [0.1, 0.15) is 24.6 Å². The van der Waals surface area contributed by atoms with E-state index in [1.165, 1.54) is 17.2 Å². The lowest BCUT2D eigenvalue weighted by Gasteiger charge is -2.19. The largest absolute Gasteiger partial charge is 0.387 e. The fourth-order valence-corrected chi connectivity index (χ4v) is 4.89. The molecule has 0 radical (unpaired) electrons. The minimum absolute atomic E-state index is 0.0525. The van der Waals surface area contributed by atoms with E-state index in [2.05, 4.69) is 49.3 Å². The van der Waals surface area contributed by atoms with Crippen LogP contribution in [0.2, 0.25) is 0 Å². The van der Waals surface area contributed by atoms with Crippen molar-refractivity contribution in [3.8, 4) is 0 Å². The Kier molecular flexibility index (Phi) is 7.15. The minimum Gasteiger partial charge on any atom is -0.387 e. The molecule has 0 amide bonds. The van der Waals surface area contributed by atoms with E-state index in [0.717, 1.165) is 11.1 Å². The van der Waals surface area contributed by atoms with Crippen molar-refractivity contribution in [1.82, 2.24) is 24.2 Å². The smallest absolute Gasteiger partial charge is 0.274 e. The molecule has 1 aliphatic heterocycles. The van der Waals surface area contributed by atoms with Gasteiger partial charge in [-0.2, -0.15) is 13.1 Å². The van der Waals surface area contributed by atoms with Gasteiger partial charge in [-0.3, -0.25) is 4.57 Å². The number of nitrogens with zero attached hydrogens (tertiary/aromatic N) is 4. The molecule has 12 nitrogen and oxygen atoms in total. The van der Waals surface area contributed by atoms with Crippen molar-refractivity contribution in [2.24, 2.45) is 5.14 Å². The van der Waals surface area contributed by atoms with E-state index in [9.17, 15) is 18.6 Å². The molecule has 194 valence electrons. The lowest BCUT2D eigenvalue weighted by Crippen LogP contribution is -2.42. The van der Waals surface area contributed by atoms with Gasteiger partial charge in [-0.15, -0.1) is 0 Å². The predicted molar refractivity (Wildman–Crippen MR) is 136 cm³/mol. The molecule has 37 heavy (non-hydrogen) atoms. The number of nitrogens with one attached hydrogen (secondary N) is 2. The van der Waals surface area contributed by atoms with Crippen molar-refractivity contribution < 1.29 is 23.4 Å². The van der Waals surface area contributed by atoms with E-state index in [-0.39, 0.29) is 12.5 Å². The number of nitrogens with two attached hydrogens (primary N) is 1. The third-order valence-corrected chi connectivity index (χ3v) is 6.90. The van der Waals surface area contributed by atoms with Crippen molar-refractivity contribution in [2.75, 3.05) is 18.4 Å². The number of aliphatic hydroxyl groups excluding tert-OH is 2. The van der Waals surface area contributed by atoms with E-state index < -0.39 is 34.7 Å². The fraction of sp³-hybridized carbons (Fsp3) is 0.292. The van der Waals surface area contributed by atoms with Crippen molar-refractivity contribution in [2.45, 2.75) is 30.5 Å². The molecule has 13 heteroatoms. The summed E-state index contributed by atoms with van der Waals surface area (Å²) in [5, 5.41) is 29.3. The molecule has 6 N–H and O–H groups in total. The van der Waals surface area contributed by atoms with Crippen LogP contribution in [0.1, 0.15) is 23.3 Å². The fourth-order valence-electron chi connectivity index (χ4n) is 4.49. The summed E-state index contributed by atoms with van der Waals surface area (Å²) in [6.07, 6.45) is -1.96. The number of ether oxygens (including phenoxy) is 1. The molecule has 1 aliphatic rings. The van der Waals surface area contributed by atoms with Gasteiger partial charge >= 0.3 is 0 Å². The quantitative estimate of drug-likeness (QED) is 0.208. The Labute approximate surface area is 213 Å². The van der Waals surface area contributed by atoms with Crippen LogP contribution < -0.4 is 15.2 Å². The normalized spacial score (nSPS) is 22.1. The first kappa shape index (κ1) is 25.2. The molecular weight excluding hydrogens is 498 g/mol. The van der Waals surface area contributed by atoms with E-state index in [1.807, 2.05) is 36.4 Å². The first-order chi connectivity index (χ1) is 17.8. The predicted octanol–water partition coefficient (Wildman–Crippen LogP) is 0.483. The highest BCUT2D eigenvalue weighted by atomic mass is 32.2. The van der Waals surface area contributed by atoms with Crippen molar-refractivity contribution in [3.05, 3.63) is 84.4 Å². The van der Waals surface area contributed by atoms with Gasteiger partial charge in [0.05, 0.1) is 6.33 Å². The molecule has 0 bridgehead atoms. The summed E-state index contributed by atoms with van der Waals surface area (Å²) in [5.74, 6) is 0.554. The standard InChI is InChI=1S/C24H27N7O5S/c25-37(34,35)30-12-18-20(32)21(33)24(36-18)31-14-29-19-22(27-13-28-23(19)31)26-11-17(15-7-3-1-4-8-15)16-9-5-2-6-10-16/h1-10,13-14,17-18,20-21,24,30,32-33H,11-12H2,(H2,25,34,35)(H,26,27,28)/t18-,20-,21-,24-/m1/s1. The topological polar surface area (TPSA) is 178 Å². The number of anilines is 1. The number of rotatable bonds is 9. The Morgan fingerprint density at radius 2 is 1.62 bits per heavy atom.